The SMILES string of the molecule is C(=C\[C@@H]1CCCN1c1ccccc1)/c1ccccc1. The molecule has 0 aliphatic carbocycles. The fourth-order valence-corrected chi connectivity index (χ4v) is 2.72. The van der Waals surface area contributed by atoms with Crippen molar-refractivity contribution < 1.29 is 0 Å². The molecule has 1 heteroatoms. The first-order valence-electron chi connectivity index (χ1n) is 6.98. The maximum Gasteiger partial charge on any atom is 0.0476 e. The van der Waals surface area contributed by atoms with Crippen LogP contribution in [0.15, 0.2) is 66.7 Å². The topological polar surface area (TPSA) is 3.24 Å². The van der Waals surface area contributed by atoms with Gasteiger partial charge in [-0.1, -0.05) is 60.7 Å². The van der Waals surface area contributed by atoms with E-state index in [1.54, 1.807) is 0 Å². The van der Waals surface area contributed by atoms with Crippen LogP contribution in [0.25, 0.3) is 6.08 Å². The fraction of sp³-hybridized carbons (Fsp3) is 0.222. The van der Waals surface area contributed by atoms with Gasteiger partial charge in [0, 0.05) is 18.3 Å². The number of para-hydroxylation sites is 1. The summed E-state index contributed by atoms with van der Waals surface area (Å²) in [7, 11) is 0. The molecule has 0 N–H and O–H groups in total. The van der Waals surface area contributed by atoms with Crippen LogP contribution in [0, 0.1) is 0 Å². The van der Waals surface area contributed by atoms with Crippen LogP contribution in [0.2, 0.25) is 0 Å². The normalized spacial score (nSPS) is 19.2. The molecule has 1 nitrogen and oxygen atoms in total. The molecule has 0 saturated carbocycles. The van der Waals surface area contributed by atoms with Crippen molar-refractivity contribution in [3.05, 3.63) is 72.3 Å². The maximum atomic E-state index is 2.50. The number of rotatable bonds is 3. The third-order valence-corrected chi connectivity index (χ3v) is 3.70. The second-order valence-electron chi connectivity index (χ2n) is 5.01. The first-order valence-corrected chi connectivity index (χ1v) is 6.98. The smallest absolute Gasteiger partial charge is 0.0476 e. The predicted molar refractivity (Wildman–Crippen MR) is 82.3 cm³/mol. The minimum absolute atomic E-state index is 0.530. The lowest BCUT2D eigenvalue weighted by Crippen LogP contribution is -2.27. The van der Waals surface area contributed by atoms with E-state index < -0.39 is 0 Å². The van der Waals surface area contributed by atoms with Crippen LogP contribution in [-0.2, 0) is 0 Å². The Hall–Kier alpha value is -2.02. The first kappa shape index (κ1) is 12.0. The molecule has 2 aromatic rings. The van der Waals surface area contributed by atoms with Crippen LogP contribution in [0.1, 0.15) is 18.4 Å². The number of anilines is 1. The van der Waals surface area contributed by atoms with Gasteiger partial charge in [-0.25, -0.2) is 0 Å². The van der Waals surface area contributed by atoms with E-state index in [1.165, 1.54) is 24.1 Å². The molecule has 1 fully saturated rings. The lowest BCUT2D eigenvalue weighted by molar-refractivity contribution is 0.808. The highest BCUT2D eigenvalue weighted by Crippen LogP contribution is 2.26. The predicted octanol–water partition coefficient (Wildman–Crippen LogP) is 4.37. The Morgan fingerprint density at radius 3 is 2.32 bits per heavy atom. The highest BCUT2D eigenvalue weighted by Gasteiger charge is 2.21. The van der Waals surface area contributed by atoms with E-state index in [9.17, 15) is 0 Å². The zero-order valence-electron chi connectivity index (χ0n) is 11.1. The molecule has 1 atom stereocenters. The lowest BCUT2D eigenvalue weighted by atomic mass is 10.1. The van der Waals surface area contributed by atoms with Crippen molar-refractivity contribution in [2.75, 3.05) is 11.4 Å². The number of benzene rings is 2. The van der Waals surface area contributed by atoms with Gasteiger partial charge in [-0.3, -0.25) is 0 Å². The molecule has 3 rings (SSSR count). The molecule has 1 aliphatic heterocycles. The molecular weight excluding hydrogens is 230 g/mol. The third kappa shape index (κ3) is 2.87. The molecule has 0 aromatic heterocycles. The average molecular weight is 249 g/mol. The molecule has 1 saturated heterocycles. The molecule has 1 heterocycles. The second-order valence-corrected chi connectivity index (χ2v) is 5.01. The summed E-state index contributed by atoms with van der Waals surface area (Å²) >= 11 is 0. The molecule has 2 aromatic carbocycles. The largest absolute Gasteiger partial charge is 0.365 e. The van der Waals surface area contributed by atoms with Gasteiger partial charge in [-0.2, -0.15) is 0 Å². The Kier molecular flexibility index (Phi) is 3.64. The lowest BCUT2D eigenvalue weighted by Gasteiger charge is -2.24. The van der Waals surface area contributed by atoms with Crippen molar-refractivity contribution in [1.82, 2.24) is 0 Å². The summed E-state index contributed by atoms with van der Waals surface area (Å²) in [6.45, 7) is 1.16. The maximum absolute atomic E-state index is 2.50. The van der Waals surface area contributed by atoms with E-state index >= 15 is 0 Å². The molecule has 96 valence electrons. The average Bonchev–Trinajstić information content (AvgIpc) is 2.95. The van der Waals surface area contributed by atoms with Crippen molar-refractivity contribution in [3.8, 4) is 0 Å². The Bertz CT molecular complexity index is 530. The Morgan fingerprint density at radius 1 is 0.895 bits per heavy atom. The molecule has 0 radical (unpaired) electrons. The summed E-state index contributed by atoms with van der Waals surface area (Å²) in [6.07, 6.45) is 7.11. The summed E-state index contributed by atoms with van der Waals surface area (Å²) in [5.41, 5.74) is 2.62. The van der Waals surface area contributed by atoms with Gasteiger partial charge in [0.05, 0.1) is 0 Å². The molecule has 0 bridgehead atoms. The minimum Gasteiger partial charge on any atom is -0.365 e. The Labute approximate surface area is 115 Å². The van der Waals surface area contributed by atoms with Crippen LogP contribution in [-0.4, -0.2) is 12.6 Å². The van der Waals surface area contributed by atoms with Crippen molar-refractivity contribution in [3.63, 3.8) is 0 Å². The number of nitrogens with zero attached hydrogens (tertiary/aromatic N) is 1. The summed E-state index contributed by atoms with van der Waals surface area (Å²) in [5, 5.41) is 0. The number of hydrogen-bond acceptors (Lipinski definition) is 1. The molecule has 19 heavy (non-hydrogen) atoms. The van der Waals surface area contributed by atoms with Gasteiger partial charge in [0.2, 0.25) is 0 Å². The van der Waals surface area contributed by atoms with Crippen LogP contribution in [0.3, 0.4) is 0 Å². The van der Waals surface area contributed by atoms with Crippen molar-refractivity contribution in [1.29, 1.82) is 0 Å². The molecule has 0 amide bonds. The van der Waals surface area contributed by atoms with Crippen molar-refractivity contribution in [2.24, 2.45) is 0 Å². The van der Waals surface area contributed by atoms with Gasteiger partial charge in [0.15, 0.2) is 0 Å². The van der Waals surface area contributed by atoms with Gasteiger partial charge in [0.25, 0.3) is 0 Å². The first-order chi connectivity index (χ1) is 9.43. The van der Waals surface area contributed by atoms with E-state index in [1.807, 2.05) is 0 Å². The van der Waals surface area contributed by atoms with E-state index in [2.05, 4.69) is 77.7 Å². The monoisotopic (exact) mass is 249 g/mol. The van der Waals surface area contributed by atoms with Crippen LogP contribution >= 0.6 is 0 Å². The standard InChI is InChI=1S/C18H19N/c1-3-8-16(9-4-1)13-14-18-12-7-15-19(18)17-10-5-2-6-11-17/h1-6,8-11,13-14,18H,7,12,15H2/b14-13+/t18-/m0/s1. The number of hydrogen-bond donors (Lipinski definition) is 0. The van der Waals surface area contributed by atoms with E-state index in [4.69, 9.17) is 0 Å². The summed E-state index contributed by atoms with van der Waals surface area (Å²) in [4.78, 5) is 2.50. The van der Waals surface area contributed by atoms with Crippen molar-refractivity contribution in [2.45, 2.75) is 18.9 Å². The third-order valence-electron chi connectivity index (χ3n) is 3.70. The highest BCUT2D eigenvalue weighted by atomic mass is 15.2. The second kappa shape index (κ2) is 5.75. The fourth-order valence-electron chi connectivity index (χ4n) is 2.72. The van der Waals surface area contributed by atoms with Crippen LogP contribution in [0.4, 0.5) is 5.69 Å². The minimum atomic E-state index is 0.530. The zero-order valence-corrected chi connectivity index (χ0v) is 11.1. The van der Waals surface area contributed by atoms with Gasteiger partial charge in [-0.05, 0) is 30.5 Å². The Morgan fingerprint density at radius 2 is 1.58 bits per heavy atom. The summed E-state index contributed by atoms with van der Waals surface area (Å²) in [6, 6.07) is 21.8. The van der Waals surface area contributed by atoms with Gasteiger partial charge < -0.3 is 4.90 Å². The molecule has 1 aliphatic rings. The Balaban J connectivity index is 1.75. The summed E-state index contributed by atoms with van der Waals surface area (Å²) < 4.78 is 0. The van der Waals surface area contributed by atoms with E-state index in [0.29, 0.717) is 6.04 Å². The zero-order chi connectivity index (χ0) is 12.9. The van der Waals surface area contributed by atoms with Gasteiger partial charge in [0.1, 0.15) is 0 Å². The van der Waals surface area contributed by atoms with E-state index in [0.717, 1.165) is 6.54 Å². The molecule has 0 spiro atoms. The quantitative estimate of drug-likeness (QED) is 0.780. The van der Waals surface area contributed by atoms with Gasteiger partial charge in [-0.15, -0.1) is 0 Å². The van der Waals surface area contributed by atoms with E-state index in [-0.39, 0.29) is 0 Å². The molecule has 0 unspecified atom stereocenters. The van der Waals surface area contributed by atoms with Gasteiger partial charge >= 0.3 is 0 Å². The summed E-state index contributed by atoms with van der Waals surface area (Å²) in [5.74, 6) is 0. The van der Waals surface area contributed by atoms with Crippen LogP contribution < -0.4 is 4.90 Å². The van der Waals surface area contributed by atoms with Crippen LogP contribution in [0.5, 0.6) is 0 Å². The van der Waals surface area contributed by atoms with Crippen molar-refractivity contribution >= 4 is 11.8 Å². The highest BCUT2D eigenvalue weighted by molar-refractivity contribution is 5.54. The molecular formula is C18H19N.